The predicted molar refractivity (Wildman–Crippen MR) is 84.2 cm³/mol. The fourth-order valence-electron chi connectivity index (χ4n) is 2.69. The van der Waals surface area contributed by atoms with Gasteiger partial charge in [0.05, 0.1) is 0 Å². The molecule has 4 nitrogen and oxygen atoms in total. The second-order valence-corrected chi connectivity index (χ2v) is 5.91. The van der Waals surface area contributed by atoms with Crippen LogP contribution in [0.4, 0.5) is 11.4 Å². The Balaban J connectivity index is 2.04. The number of hydrogen-bond acceptors (Lipinski definition) is 3. The van der Waals surface area contributed by atoms with Gasteiger partial charge in [0.15, 0.2) is 0 Å². The van der Waals surface area contributed by atoms with Crippen molar-refractivity contribution >= 4 is 17.3 Å². The molecule has 2 atom stereocenters. The Morgan fingerprint density at radius 2 is 2.15 bits per heavy atom. The number of benzene rings is 1. The van der Waals surface area contributed by atoms with E-state index in [-0.39, 0.29) is 5.91 Å². The normalized spacial score (nSPS) is 23.4. The van der Waals surface area contributed by atoms with Crippen molar-refractivity contribution in [1.29, 1.82) is 0 Å². The van der Waals surface area contributed by atoms with Gasteiger partial charge in [-0.05, 0) is 51.4 Å². The Bertz CT molecular complexity index is 487. The molecule has 1 aromatic carbocycles. The van der Waals surface area contributed by atoms with Gasteiger partial charge in [-0.15, -0.1) is 0 Å². The second kappa shape index (κ2) is 6.27. The fraction of sp³-hybridized carbons (Fsp3) is 0.562. The van der Waals surface area contributed by atoms with Crippen molar-refractivity contribution in [3.05, 3.63) is 23.8 Å². The molecule has 4 heteroatoms. The molecule has 0 bridgehead atoms. The van der Waals surface area contributed by atoms with Crippen molar-refractivity contribution in [1.82, 2.24) is 4.90 Å². The molecule has 1 aliphatic rings. The minimum atomic E-state index is -0.0295. The highest BCUT2D eigenvalue weighted by atomic mass is 16.1. The Morgan fingerprint density at radius 1 is 1.40 bits per heavy atom. The van der Waals surface area contributed by atoms with Crippen LogP contribution in [-0.2, 0) is 4.79 Å². The van der Waals surface area contributed by atoms with Crippen molar-refractivity contribution in [3.8, 4) is 0 Å². The summed E-state index contributed by atoms with van der Waals surface area (Å²) in [7, 11) is 2.18. The number of hydrogen-bond donors (Lipinski definition) is 2. The number of rotatable bonds is 3. The molecule has 1 heterocycles. The van der Waals surface area contributed by atoms with E-state index in [9.17, 15) is 4.79 Å². The smallest absolute Gasteiger partial charge is 0.221 e. The van der Waals surface area contributed by atoms with Gasteiger partial charge in [0.25, 0.3) is 0 Å². The maximum atomic E-state index is 11.2. The number of carbonyl (C=O) groups is 1. The maximum absolute atomic E-state index is 11.2. The van der Waals surface area contributed by atoms with Crippen LogP contribution < -0.4 is 10.6 Å². The summed E-state index contributed by atoms with van der Waals surface area (Å²) in [6.07, 6.45) is 2.31. The zero-order chi connectivity index (χ0) is 14.7. The zero-order valence-electron chi connectivity index (χ0n) is 12.9. The van der Waals surface area contributed by atoms with Crippen LogP contribution in [0.15, 0.2) is 18.2 Å². The van der Waals surface area contributed by atoms with Gasteiger partial charge in [-0.25, -0.2) is 0 Å². The van der Waals surface area contributed by atoms with E-state index in [1.807, 2.05) is 19.1 Å². The van der Waals surface area contributed by atoms with Crippen molar-refractivity contribution in [3.63, 3.8) is 0 Å². The van der Waals surface area contributed by atoms with Crippen molar-refractivity contribution < 1.29 is 4.79 Å². The van der Waals surface area contributed by atoms with Gasteiger partial charge >= 0.3 is 0 Å². The first kappa shape index (κ1) is 14.9. The molecule has 20 heavy (non-hydrogen) atoms. The summed E-state index contributed by atoms with van der Waals surface area (Å²) >= 11 is 0. The van der Waals surface area contributed by atoms with E-state index in [1.54, 1.807) is 0 Å². The Kier molecular flexibility index (Phi) is 4.65. The summed E-state index contributed by atoms with van der Waals surface area (Å²) in [5, 5.41) is 6.47. The summed E-state index contributed by atoms with van der Waals surface area (Å²) in [6, 6.07) is 7.28. The largest absolute Gasteiger partial charge is 0.382 e. The second-order valence-electron chi connectivity index (χ2n) is 5.91. The molecule has 1 saturated heterocycles. The van der Waals surface area contributed by atoms with E-state index < -0.39 is 0 Å². The Hall–Kier alpha value is -1.55. The van der Waals surface area contributed by atoms with E-state index >= 15 is 0 Å². The molecule has 2 rings (SSSR count). The molecule has 0 aliphatic carbocycles. The highest BCUT2D eigenvalue weighted by Crippen LogP contribution is 2.24. The van der Waals surface area contributed by atoms with Gasteiger partial charge in [0.2, 0.25) is 5.91 Å². The third kappa shape index (κ3) is 3.73. The molecule has 0 spiro atoms. The van der Waals surface area contributed by atoms with Crippen LogP contribution in [0.2, 0.25) is 0 Å². The van der Waals surface area contributed by atoms with Crippen LogP contribution in [0.3, 0.4) is 0 Å². The highest BCUT2D eigenvalue weighted by Gasteiger charge is 2.22. The monoisotopic (exact) mass is 275 g/mol. The number of piperidine rings is 1. The van der Waals surface area contributed by atoms with Crippen molar-refractivity contribution in [2.75, 3.05) is 24.2 Å². The summed E-state index contributed by atoms with van der Waals surface area (Å²) in [4.78, 5) is 13.6. The minimum Gasteiger partial charge on any atom is -0.382 e. The fourth-order valence-corrected chi connectivity index (χ4v) is 2.69. The topological polar surface area (TPSA) is 44.4 Å². The van der Waals surface area contributed by atoms with Gasteiger partial charge in [0, 0.05) is 36.9 Å². The van der Waals surface area contributed by atoms with Crippen LogP contribution >= 0.6 is 0 Å². The third-order valence-electron chi connectivity index (χ3n) is 4.13. The molecule has 110 valence electrons. The molecule has 1 amide bonds. The lowest BCUT2D eigenvalue weighted by Gasteiger charge is -2.35. The quantitative estimate of drug-likeness (QED) is 0.891. The summed E-state index contributed by atoms with van der Waals surface area (Å²) in [5.74, 6) is -0.0295. The number of carbonyl (C=O) groups excluding carboxylic acids is 1. The van der Waals surface area contributed by atoms with Crippen LogP contribution in [-0.4, -0.2) is 36.5 Å². The van der Waals surface area contributed by atoms with E-state index in [4.69, 9.17) is 0 Å². The first-order chi connectivity index (χ1) is 9.45. The lowest BCUT2D eigenvalue weighted by molar-refractivity contribution is -0.114. The molecule has 1 aliphatic heterocycles. The first-order valence-corrected chi connectivity index (χ1v) is 7.30. The van der Waals surface area contributed by atoms with E-state index in [0.717, 1.165) is 36.3 Å². The number of amides is 1. The number of likely N-dealkylation sites (tertiary alicyclic amines) is 1. The number of nitrogens with zero attached hydrogens (tertiary/aromatic N) is 1. The zero-order valence-corrected chi connectivity index (χ0v) is 12.9. The third-order valence-corrected chi connectivity index (χ3v) is 4.13. The van der Waals surface area contributed by atoms with E-state index in [0.29, 0.717) is 12.1 Å². The summed E-state index contributed by atoms with van der Waals surface area (Å²) < 4.78 is 0. The maximum Gasteiger partial charge on any atom is 0.221 e. The average molecular weight is 275 g/mol. The average Bonchev–Trinajstić information content (AvgIpc) is 2.37. The van der Waals surface area contributed by atoms with Crippen molar-refractivity contribution in [2.45, 2.75) is 45.7 Å². The lowest BCUT2D eigenvalue weighted by Crippen LogP contribution is -2.42. The van der Waals surface area contributed by atoms with Gasteiger partial charge in [-0.2, -0.15) is 0 Å². The van der Waals surface area contributed by atoms with E-state index in [2.05, 4.69) is 35.6 Å². The van der Waals surface area contributed by atoms with Gasteiger partial charge in [0.1, 0.15) is 0 Å². The molecular formula is C16H25N3O. The standard InChI is InChI=1S/C16H25N3O/c1-11-5-6-14(10-16(11)17-13(3)20)18-15-7-8-19(4)12(2)9-15/h5-6,10,12,15,18H,7-9H2,1-4H3,(H,17,20). The highest BCUT2D eigenvalue weighted by molar-refractivity contribution is 5.90. The van der Waals surface area contributed by atoms with Gasteiger partial charge < -0.3 is 15.5 Å². The summed E-state index contributed by atoms with van der Waals surface area (Å²) in [5.41, 5.74) is 3.06. The van der Waals surface area contributed by atoms with Gasteiger partial charge in [-0.3, -0.25) is 4.79 Å². The summed E-state index contributed by atoms with van der Waals surface area (Å²) in [6.45, 7) is 6.94. The molecule has 0 saturated carbocycles. The molecule has 1 aromatic rings. The van der Waals surface area contributed by atoms with Crippen LogP contribution in [0.1, 0.15) is 32.3 Å². The SMILES string of the molecule is CC(=O)Nc1cc(NC2CCN(C)C(C)C2)ccc1C. The molecular weight excluding hydrogens is 250 g/mol. The first-order valence-electron chi connectivity index (χ1n) is 7.30. The van der Waals surface area contributed by atoms with Crippen LogP contribution in [0.25, 0.3) is 0 Å². The van der Waals surface area contributed by atoms with Gasteiger partial charge in [-0.1, -0.05) is 6.07 Å². The molecule has 2 unspecified atom stereocenters. The predicted octanol–water partition coefficient (Wildman–Crippen LogP) is 2.85. The Morgan fingerprint density at radius 3 is 2.80 bits per heavy atom. The molecule has 0 aromatic heterocycles. The number of nitrogens with one attached hydrogen (secondary N) is 2. The Labute approximate surface area is 121 Å². The molecule has 1 fully saturated rings. The minimum absolute atomic E-state index is 0.0295. The molecule has 2 N–H and O–H groups in total. The van der Waals surface area contributed by atoms with Crippen LogP contribution in [0, 0.1) is 6.92 Å². The number of anilines is 2. The lowest BCUT2D eigenvalue weighted by atomic mass is 9.98. The van der Waals surface area contributed by atoms with Crippen molar-refractivity contribution in [2.24, 2.45) is 0 Å². The molecule has 0 radical (unpaired) electrons. The van der Waals surface area contributed by atoms with Crippen LogP contribution in [0.5, 0.6) is 0 Å². The number of aryl methyl sites for hydroxylation is 1. The van der Waals surface area contributed by atoms with E-state index in [1.165, 1.54) is 6.92 Å².